The Morgan fingerprint density at radius 1 is 0.952 bits per heavy atom. The Labute approximate surface area is 122 Å². The van der Waals surface area contributed by atoms with Gasteiger partial charge in [-0.15, -0.1) is 0 Å². The van der Waals surface area contributed by atoms with Crippen LogP contribution in [-0.2, 0) is 6.42 Å². The molecule has 0 heterocycles. The molecule has 3 N–H and O–H groups in total. The van der Waals surface area contributed by atoms with Crippen LogP contribution >= 0.6 is 0 Å². The lowest BCUT2D eigenvalue weighted by molar-refractivity contribution is 0.0690. The number of hydrogen-bond acceptors (Lipinski definition) is 3. The van der Waals surface area contributed by atoms with Crippen LogP contribution in [0.25, 0.3) is 0 Å². The normalized spacial score (nSPS) is 10.8. The Balaban J connectivity index is 2.88. The molecule has 0 aromatic heterocycles. The van der Waals surface area contributed by atoms with Gasteiger partial charge in [0.2, 0.25) is 5.82 Å². The summed E-state index contributed by atoms with van der Waals surface area (Å²) < 4.78 is 27.2. The molecule has 0 aliphatic carbocycles. The van der Waals surface area contributed by atoms with E-state index in [-0.39, 0.29) is 6.42 Å². The van der Waals surface area contributed by atoms with Crippen molar-refractivity contribution in [2.24, 2.45) is 0 Å². The van der Waals surface area contributed by atoms with Crippen molar-refractivity contribution in [1.82, 2.24) is 0 Å². The van der Waals surface area contributed by atoms with Gasteiger partial charge in [0, 0.05) is 5.56 Å². The van der Waals surface area contributed by atoms with Crippen LogP contribution in [-0.4, -0.2) is 21.3 Å². The number of hydrogen-bond donors (Lipinski definition) is 3. The van der Waals surface area contributed by atoms with Crippen molar-refractivity contribution in [2.75, 3.05) is 0 Å². The average Bonchev–Trinajstić information content (AvgIpc) is 2.45. The maximum absolute atomic E-state index is 13.8. The zero-order valence-corrected chi connectivity index (χ0v) is 12.0. The van der Waals surface area contributed by atoms with Gasteiger partial charge in [0.1, 0.15) is 5.56 Å². The molecule has 6 heteroatoms. The number of rotatable bonds is 8. The van der Waals surface area contributed by atoms with Crippen molar-refractivity contribution in [2.45, 2.75) is 51.9 Å². The molecule has 0 aliphatic heterocycles. The summed E-state index contributed by atoms with van der Waals surface area (Å²) in [5.74, 6) is -7.10. The summed E-state index contributed by atoms with van der Waals surface area (Å²) in [6.45, 7) is 2.08. The minimum atomic E-state index is -1.61. The molecule has 21 heavy (non-hydrogen) atoms. The first-order valence-corrected chi connectivity index (χ1v) is 7.06. The maximum atomic E-state index is 13.8. The predicted molar refractivity (Wildman–Crippen MR) is 73.7 cm³/mol. The third kappa shape index (κ3) is 4.06. The van der Waals surface area contributed by atoms with Gasteiger partial charge >= 0.3 is 5.97 Å². The summed E-state index contributed by atoms with van der Waals surface area (Å²) in [6, 6.07) is 0. The van der Waals surface area contributed by atoms with E-state index in [1.807, 2.05) is 0 Å². The molecule has 0 bridgehead atoms. The van der Waals surface area contributed by atoms with Crippen molar-refractivity contribution in [3.63, 3.8) is 0 Å². The van der Waals surface area contributed by atoms with Crippen LogP contribution in [0, 0.1) is 11.6 Å². The maximum Gasteiger partial charge on any atom is 0.340 e. The fourth-order valence-corrected chi connectivity index (χ4v) is 2.26. The number of unbranched alkanes of at least 4 members (excludes halogenated alkanes) is 5. The van der Waals surface area contributed by atoms with E-state index in [0.717, 1.165) is 32.1 Å². The Morgan fingerprint density at radius 2 is 1.52 bits per heavy atom. The quantitative estimate of drug-likeness (QED) is 0.501. The van der Waals surface area contributed by atoms with E-state index in [1.54, 1.807) is 0 Å². The van der Waals surface area contributed by atoms with Crippen LogP contribution < -0.4 is 0 Å². The standard InChI is InChI=1S/C15H20F2O4/c1-2-3-4-5-6-7-8-9-10(15(20)21)13(18)14(19)12(17)11(9)16/h18-19H,2-8H2,1H3,(H,20,21). The molecule has 0 amide bonds. The molecule has 0 saturated heterocycles. The van der Waals surface area contributed by atoms with Crippen molar-refractivity contribution in [1.29, 1.82) is 0 Å². The van der Waals surface area contributed by atoms with Crippen LogP contribution in [0.5, 0.6) is 11.5 Å². The second-order valence-corrected chi connectivity index (χ2v) is 5.00. The van der Waals surface area contributed by atoms with E-state index in [1.165, 1.54) is 0 Å². The molecule has 1 aromatic rings. The molecule has 0 saturated carbocycles. The molecule has 0 fully saturated rings. The summed E-state index contributed by atoms with van der Waals surface area (Å²) in [6.07, 6.45) is 5.43. The van der Waals surface area contributed by atoms with Gasteiger partial charge in [0.25, 0.3) is 0 Å². The molecular weight excluding hydrogens is 282 g/mol. The summed E-state index contributed by atoms with van der Waals surface area (Å²) in [4.78, 5) is 11.1. The SMILES string of the molecule is CCCCCCCCc1c(F)c(F)c(O)c(O)c1C(=O)O. The first-order valence-electron chi connectivity index (χ1n) is 7.06. The molecule has 0 aliphatic rings. The minimum absolute atomic E-state index is 0.00432. The van der Waals surface area contributed by atoms with Gasteiger partial charge < -0.3 is 15.3 Å². The third-order valence-electron chi connectivity index (χ3n) is 3.42. The van der Waals surface area contributed by atoms with Crippen LogP contribution in [0.3, 0.4) is 0 Å². The van der Waals surface area contributed by atoms with Crippen molar-refractivity contribution >= 4 is 5.97 Å². The van der Waals surface area contributed by atoms with E-state index < -0.39 is 40.2 Å². The number of carboxylic acid groups (broad SMARTS) is 1. The lowest BCUT2D eigenvalue weighted by atomic mass is 9.98. The highest BCUT2D eigenvalue weighted by atomic mass is 19.2. The van der Waals surface area contributed by atoms with Crippen molar-refractivity contribution in [3.05, 3.63) is 22.8 Å². The largest absolute Gasteiger partial charge is 0.504 e. The fourth-order valence-electron chi connectivity index (χ4n) is 2.26. The van der Waals surface area contributed by atoms with Gasteiger partial charge in [-0.1, -0.05) is 39.0 Å². The van der Waals surface area contributed by atoms with Gasteiger partial charge in [-0.25, -0.2) is 9.18 Å². The van der Waals surface area contributed by atoms with Gasteiger partial charge in [-0.2, -0.15) is 4.39 Å². The van der Waals surface area contributed by atoms with Crippen molar-refractivity contribution < 1.29 is 28.9 Å². The fraction of sp³-hybridized carbons (Fsp3) is 0.533. The highest BCUT2D eigenvalue weighted by molar-refractivity contribution is 5.93. The molecule has 1 aromatic carbocycles. The summed E-state index contributed by atoms with van der Waals surface area (Å²) in [7, 11) is 0. The number of aromatic hydroxyl groups is 2. The van der Waals surface area contributed by atoms with Crippen LogP contribution in [0.2, 0.25) is 0 Å². The number of benzene rings is 1. The van der Waals surface area contributed by atoms with E-state index in [4.69, 9.17) is 5.11 Å². The minimum Gasteiger partial charge on any atom is -0.504 e. The van der Waals surface area contributed by atoms with Crippen LogP contribution in [0.4, 0.5) is 8.78 Å². The molecule has 0 radical (unpaired) electrons. The first-order chi connectivity index (χ1) is 9.91. The second-order valence-electron chi connectivity index (χ2n) is 5.00. The lowest BCUT2D eigenvalue weighted by Gasteiger charge is -2.12. The molecule has 4 nitrogen and oxygen atoms in total. The Hall–Kier alpha value is -1.85. The first kappa shape index (κ1) is 17.2. The van der Waals surface area contributed by atoms with Crippen LogP contribution in [0.1, 0.15) is 61.4 Å². The molecular formula is C15H20F2O4. The zero-order valence-electron chi connectivity index (χ0n) is 12.0. The molecule has 118 valence electrons. The summed E-state index contributed by atoms with van der Waals surface area (Å²) >= 11 is 0. The Morgan fingerprint density at radius 3 is 2.10 bits per heavy atom. The summed E-state index contributed by atoms with van der Waals surface area (Å²) in [5, 5.41) is 27.7. The zero-order chi connectivity index (χ0) is 16.0. The van der Waals surface area contributed by atoms with E-state index >= 15 is 0 Å². The van der Waals surface area contributed by atoms with Gasteiger partial charge in [0.15, 0.2) is 17.3 Å². The molecule has 0 unspecified atom stereocenters. The topological polar surface area (TPSA) is 77.8 Å². The second kappa shape index (κ2) is 7.81. The summed E-state index contributed by atoms with van der Waals surface area (Å²) in [5.41, 5.74) is -1.16. The van der Waals surface area contributed by atoms with Gasteiger partial charge in [0.05, 0.1) is 0 Å². The Kier molecular flexibility index (Phi) is 6.39. The van der Waals surface area contributed by atoms with Crippen molar-refractivity contribution in [3.8, 4) is 11.5 Å². The van der Waals surface area contributed by atoms with Gasteiger partial charge in [-0.05, 0) is 12.8 Å². The predicted octanol–water partition coefficient (Wildman–Crippen LogP) is 3.98. The number of carboxylic acids is 1. The number of phenols is 2. The molecule has 1 rings (SSSR count). The number of halogens is 2. The average molecular weight is 302 g/mol. The monoisotopic (exact) mass is 302 g/mol. The highest BCUT2D eigenvalue weighted by Gasteiger charge is 2.27. The van der Waals surface area contributed by atoms with Crippen LogP contribution in [0.15, 0.2) is 0 Å². The Bertz CT molecular complexity index is 515. The molecule has 0 spiro atoms. The van der Waals surface area contributed by atoms with E-state index in [0.29, 0.717) is 6.42 Å². The van der Waals surface area contributed by atoms with E-state index in [9.17, 15) is 23.8 Å². The number of phenolic OH excluding ortho intramolecular Hbond substituents is 1. The lowest BCUT2D eigenvalue weighted by Crippen LogP contribution is -2.08. The molecule has 0 atom stereocenters. The number of aromatic carboxylic acids is 1. The third-order valence-corrected chi connectivity index (χ3v) is 3.42. The number of carbonyl (C=O) groups is 1. The highest BCUT2D eigenvalue weighted by Crippen LogP contribution is 2.37. The smallest absolute Gasteiger partial charge is 0.340 e. The van der Waals surface area contributed by atoms with Gasteiger partial charge in [-0.3, -0.25) is 0 Å². The van der Waals surface area contributed by atoms with E-state index in [2.05, 4.69) is 6.92 Å².